The third-order valence-electron chi connectivity index (χ3n) is 2.82. The van der Waals surface area contributed by atoms with E-state index in [0.717, 1.165) is 27.0 Å². The number of anilines is 1. The standard InChI is InChI=1S/C14H15BrN2OS/c1-4-12-9(3)19-14(16-12)17-13(18)10-6-5-8(2)7-11(10)15/h5-7H,4H2,1-3H3,(H,16,17,18). The van der Waals surface area contributed by atoms with Crippen LogP contribution in [-0.2, 0) is 6.42 Å². The van der Waals surface area contributed by atoms with E-state index in [1.807, 2.05) is 32.0 Å². The van der Waals surface area contributed by atoms with Crippen molar-refractivity contribution >= 4 is 38.3 Å². The van der Waals surface area contributed by atoms with Crippen molar-refractivity contribution in [2.75, 3.05) is 5.32 Å². The van der Waals surface area contributed by atoms with Crippen LogP contribution in [0.1, 0.15) is 33.4 Å². The zero-order valence-electron chi connectivity index (χ0n) is 11.1. The van der Waals surface area contributed by atoms with Gasteiger partial charge >= 0.3 is 0 Å². The zero-order valence-corrected chi connectivity index (χ0v) is 13.5. The Kier molecular flexibility index (Phi) is 4.37. The highest BCUT2D eigenvalue weighted by Crippen LogP contribution is 2.24. The van der Waals surface area contributed by atoms with Gasteiger partial charge in [-0.3, -0.25) is 10.1 Å². The fourth-order valence-electron chi connectivity index (χ4n) is 1.78. The van der Waals surface area contributed by atoms with E-state index < -0.39 is 0 Å². The minimum atomic E-state index is -0.136. The van der Waals surface area contributed by atoms with E-state index in [9.17, 15) is 4.79 Å². The van der Waals surface area contributed by atoms with Gasteiger partial charge in [-0.25, -0.2) is 4.98 Å². The van der Waals surface area contributed by atoms with Gasteiger partial charge in [0.15, 0.2) is 5.13 Å². The molecular weight excluding hydrogens is 324 g/mol. The third kappa shape index (κ3) is 3.22. The normalized spacial score (nSPS) is 10.5. The highest BCUT2D eigenvalue weighted by Gasteiger charge is 2.13. The number of aryl methyl sites for hydroxylation is 3. The van der Waals surface area contributed by atoms with E-state index in [-0.39, 0.29) is 5.91 Å². The predicted molar refractivity (Wildman–Crippen MR) is 83.1 cm³/mol. The Morgan fingerprint density at radius 1 is 1.42 bits per heavy atom. The highest BCUT2D eigenvalue weighted by atomic mass is 79.9. The number of hydrogen-bond acceptors (Lipinski definition) is 3. The number of nitrogens with one attached hydrogen (secondary N) is 1. The third-order valence-corrected chi connectivity index (χ3v) is 4.40. The quantitative estimate of drug-likeness (QED) is 0.904. The number of carbonyl (C=O) groups excluding carboxylic acids is 1. The number of hydrogen-bond donors (Lipinski definition) is 1. The summed E-state index contributed by atoms with van der Waals surface area (Å²) in [5.74, 6) is -0.136. The molecule has 100 valence electrons. The second-order valence-corrected chi connectivity index (χ2v) is 6.37. The smallest absolute Gasteiger partial charge is 0.258 e. The number of carbonyl (C=O) groups is 1. The van der Waals surface area contributed by atoms with E-state index in [1.54, 1.807) is 0 Å². The molecule has 1 amide bonds. The molecule has 0 aliphatic rings. The molecule has 2 aromatic rings. The van der Waals surface area contributed by atoms with Crippen molar-refractivity contribution in [2.24, 2.45) is 0 Å². The topological polar surface area (TPSA) is 42.0 Å². The van der Waals surface area contributed by atoms with Crippen molar-refractivity contribution in [3.05, 3.63) is 44.4 Å². The minimum absolute atomic E-state index is 0.136. The van der Waals surface area contributed by atoms with Crippen molar-refractivity contribution in [2.45, 2.75) is 27.2 Å². The van der Waals surface area contributed by atoms with Crippen LogP contribution in [0.3, 0.4) is 0 Å². The fourth-order valence-corrected chi connectivity index (χ4v) is 3.35. The van der Waals surface area contributed by atoms with Gasteiger partial charge in [0.1, 0.15) is 0 Å². The molecule has 0 radical (unpaired) electrons. The Bertz CT molecular complexity index is 622. The summed E-state index contributed by atoms with van der Waals surface area (Å²) >= 11 is 4.93. The first-order valence-corrected chi connectivity index (χ1v) is 7.66. The number of aromatic nitrogens is 1. The molecule has 1 heterocycles. The van der Waals surface area contributed by atoms with Crippen molar-refractivity contribution < 1.29 is 4.79 Å². The van der Waals surface area contributed by atoms with Crippen LogP contribution < -0.4 is 5.32 Å². The lowest BCUT2D eigenvalue weighted by molar-refractivity contribution is 0.102. The first-order chi connectivity index (χ1) is 9.01. The van der Waals surface area contributed by atoms with E-state index >= 15 is 0 Å². The molecule has 0 aliphatic carbocycles. The van der Waals surface area contributed by atoms with Crippen molar-refractivity contribution in [1.29, 1.82) is 0 Å². The van der Waals surface area contributed by atoms with Gasteiger partial charge in [0, 0.05) is 9.35 Å². The Hall–Kier alpha value is -1.20. The van der Waals surface area contributed by atoms with Gasteiger partial charge in [-0.2, -0.15) is 0 Å². The molecule has 0 saturated heterocycles. The summed E-state index contributed by atoms with van der Waals surface area (Å²) in [7, 11) is 0. The van der Waals surface area contributed by atoms with Crippen molar-refractivity contribution in [3.63, 3.8) is 0 Å². The fraction of sp³-hybridized carbons (Fsp3) is 0.286. The lowest BCUT2D eigenvalue weighted by Crippen LogP contribution is -2.12. The highest BCUT2D eigenvalue weighted by molar-refractivity contribution is 9.10. The van der Waals surface area contributed by atoms with Crippen molar-refractivity contribution in [1.82, 2.24) is 4.98 Å². The summed E-state index contributed by atoms with van der Waals surface area (Å²) in [4.78, 5) is 17.7. The zero-order chi connectivity index (χ0) is 14.0. The Labute approximate surface area is 125 Å². The van der Waals surface area contributed by atoms with Crippen LogP contribution in [0.5, 0.6) is 0 Å². The molecule has 19 heavy (non-hydrogen) atoms. The molecule has 0 spiro atoms. The summed E-state index contributed by atoms with van der Waals surface area (Å²) in [5, 5.41) is 3.51. The van der Waals surface area contributed by atoms with Gasteiger partial charge in [0.25, 0.3) is 5.91 Å². The molecule has 1 aromatic carbocycles. The number of rotatable bonds is 3. The first-order valence-electron chi connectivity index (χ1n) is 6.05. The lowest BCUT2D eigenvalue weighted by Gasteiger charge is -2.05. The SMILES string of the molecule is CCc1nc(NC(=O)c2ccc(C)cc2Br)sc1C. The van der Waals surface area contributed by atoms with Crippen LogP contribution in [0.4, 0.5) is 5.13 Å². The number of thiazole rings is 1. The van der Waals surface area contributed by atoms with Crippen LogP contribution in [0.25, 0.3) is 0 Å². The average molecular weight is 339 g/mol. The Morgan fingerprint density at radius 2 is 2.16 bits per heavy atom. The Morgan fingerprint density at radius 3 is 2.74 bits per heavy atom. The van der Waals surface area contributed by atoms with E-state index in [2.05, 4.69) is 33.2 Å². The van der Waals surface area contributed by atoms with Crippen LogP contribution in [0, 0.1) is 13.8 Å². The van der Waals surface area contributed by atoms with Gasteiger partial charge in [-0.05, 0) is 53.9 Å². The summed E-state index contributed by atoms with van der Waals surface area (Å²) in [5.41, 5.74) is 2.78. The van der Waals surface area contributed by atoms with Crippen LogP contribution in [-0.4, -0.2) is 10.9 Å². The lowest BCUT2D eigenvalue weighted by atomic mass is 10.1. The molecule has 0 atom stereocenters. The van der Waals surface area contributed by atoms with E-state index in [0.29, 0.717) is 10.7 Å². The van der Waals surface area contributed by atoms with Gasteiger partial charge in [-0.1, -0.05) is 13.0 Å². The molecule has 2 rings (SSSR count). The molecule has 0 aliphatic heterocycles. The maximum Gasteiger partial charge on any atom is 0.258 e. The molecule has 0 saturated carbocycles. The molecule has 1 aromatic heterocycles. The van der Waals surface area contributed by atoms with Crippen LogP contribution in [0.15, 0.2) is 22.7 Å². The van der Waals surface area contributed by atoms with Crippen LogP contribution in [0.2, 0.25) is 0 Å². The number of nitrogens with zero attached hydrogens (tertiary/aromatic N) is 1. The molecule has 5 heteroatoms. The molecule has 0 fully saturated rings. The van der Waals surface area contributed by atoms with Gasteiger partial charge in [-0.15, -0.1) is 11.3 Å². The summed E-state index contributed by atoms with van der Waals surface area (Å²) in [6.07, 6.45) is 0.881. The maximum atomic E-state index is 12.2. The predicted octanol–water partition coefficient (Wildman–Crippen LogP) is 4.34. The number of halogens is 1. The minimum Gasteiger partial charge on any atom is -0.298 e. The van der Waals surface area contributed by atoms with Gasteiger partial charge < -0.3 is 0 Å². The largest absolute Gasteiger partial charge is 0.298 e. The molecular formula is C14H15BrN2OS. The summed E-state index contributed by atoms with van der Waals surface area (Å²) in [6, 6.07) is 5.67. The monoisotopic (exact) mass is 338 g/mol. The van der Waals surface area contributed by atoms with E-state index in [1.165, 1.54) is 11.3 Å². The molecule has 0 bridgehead atoms. The summed E-state index contributed by atoms with van der Waals surface area (Å²) < 4.78 is 0.800. The average Bonchev–Trinajstić information content (AvgIpc) is 2.69. The van der Waals surface area contributed by atoms with E-state index in [4.69, 9.17) is 0 Å². The van der Waals surface area contributed by atoms with Gasteiger partial charge in [0.05, 0.1) is 11.3 Å². The first kappa shape index (κ1) is 14.2. The molecule has 3 nitrogen and oxygen atoms in total. The summed E-state index contributed by atoms with van der Waals surface area (Å²) in [6.45, 7) is 6.07. The molecule has 1 N–H and O–H groups in total. The second-order valence-electron chi connectivity index (χ2n) is 4.31. The Balaban J connectivity index is 2.20. The number of amides is 1. The second kappa shape index (κ2) is 5.84. The van der Waals surface area contributed by atoms with Crippen LogP contribution >= 0.6 is 27.3 Å². The van der Waals surface area contributed by atoms with Gasteiger partial charge in [0.2, 0.25) is 0 Å². The molecule has 0 unspecified atom stereocenters. The van der Waals surface area contributed by atoms with Crippen molar-refractivity contribution in [3.8, 4) is 0 Å². The maximum absolute atomic E-state index is 12.2. The number of benzene rings is 1.